The zero-order valence-corrected chi connectivity index (χ0v) is 12.0. The van der Waals surface area contributed by atoms with Crippen molar-refractivity contribution in [1.82, 2.24) is 4.90 Å². The van der Waals surface area contributed by atoms with Gasteiger partial charge in [0.05, 0.1) is 0 Å². The third-order valence-corrected chi connectivity index (χ3v) is 5.19. The van der Waals surface area contributed by atoms with Gasteiger partial charge in [-0.2, -0.15) is 0 Å². The van der Waals surface area contributed by atoms with E-state index >= 15 is 0 Å². The van der Waals surface area contributed by atoms with E-state index in [4.69, 9.17) is 5.73 Å². The molecule has 17 heavy (non-hydrogen) atoms. The van der Waals surface area contributed by atoms with Gasteiger partial charge in [0.2, 0.25) is 0 Å². The monoisotopic (exact) mass is 238 g/mol. The molecule has 2 nitrogen and oxygen atoms in total. The van der Waals surface area contributed by atoms with Crippen molar-refractivity contribution in [1.29, 1.82) is 0 Å². The number of nitrogens with zero attached hydrogens (tertiary/aromatic N) is 1. The minimum absolute atomic E-state index is 0.314. The molecular formula is C15H30N2. The average Bonchev–Trinajstić information content (AvgIpc) is 2.69. The Morgan fingerprint density at radius 1 is 1.06 bits per heavy atom. The summed E-state index contributed by atoms with van der Waals surface area (Å²) in [6.45, 7) is 10.3. The van der Waals surface area contributed by atoms with Gasteiger partial charge in [0.1, 0.15) is 0 Å². The van der Waals surface area contributed by atoms with E-state index in [1.165, 1.54) is 51.6 Å². The Morgan fingerprint density at radius 3 is 2.00 bits per heavy atom. The van der Waals surface area contributed by atoms with Gasteiger partial charge in [-0.15, -0.1) is 0 Å². The van der Waals surface area contributed by atoms with E-state index in [1.54, 1.807) is 0 Å². The summed E-state index contributed by atoms with van der Waals surface area (Å²) < 4.78 is 0. The lowest BCUT2D eigenvalue weighted by Crippen LogP contribution is -2.52. The van der Waals surface area contributed by atoms with Crippen LogP contribution in [0.2, 0.25) is 0 Å². The molecule has 1 spiro atoms. The van der Waals surface area contributed by atoms with Crippen LogP contribution >= 0.6 is 0 Å². The minimum atomic E-state index is 0.314. The fraction of sp³-hybridized carbons (Fsp3) is 1.00. The van der Waals surface area contributed by atoms with Gasteiger partial charge in [-0.25, -0.2) is 0 Å². The van der Waals surface area contributed by atoms with Crippen molar-refractivity contribution in [2.24, 2.45) is 16.6 Å². The second-order valence-corrected chi connectivity index (χ2v) is 7.36. The summed E-state index contributed by atoms with van der Waals surface area (Å²) in [7, 11) is 0. The Hall–Kier alpha value is -0.0800. The summed E-state index contributed by atoms with van der Waals surface area (Å²) in [4.78, 5) is 2.66. The van der Waals surface area contributed by atoms with Gasteiger partial charge in [-0.3, -0.25) is 4.90 Å². The maximum absolute atomic E-state index is 5.99. The first-order valence-corrected chi connectivity index (χ1v) is 7.41. The van der Waals surface area contributed by atoms with E-state index in [2.05, 4.69) is 25.7 Å². The van der Waals surface area contributed by atoms with Crippen LogP contribution < -0.4 is 5.73 Å². The quantitative estimate of drug-likeness (QED) is 0.801. The van der Waals surface area contributed by atoms with Crippen LogP contribution in [0.4, 0.5) is 0 Å². The highest BCUT2D eigenvalue weighted by atomic mass is 15.2. The van der Waals surface area contributed by atoms with E-state index in [1.807, 2.05) is 0 Å². The highest BCUT2D eigenvalue weighted by molar-refractivity contribution is 4.93. The number of hydrogen-bond donors (Lipinski definition) is 1. The summed E-state index contributed by atoms with van der Waals surface area (Å²) >= 11 is 0. The van der Waals surface area contributed by atoms with Crippen LogP contribution in [0.1, 0.15) is 59.3 Å². The van der Waals surface area contributed by atoms with Crippen LogP contribution in [0.3, 0.4) is 0 Å². The lowest BCUT2D eigenvalue weighted by molar-refractivity contribution is 0.0357. The van der Waals surface area contributed by atoms with Crippen molar-refractivity contribution < 1.29 is 0 Å². The molecule has 1 saturated heterocycles. The molecule has 1 saturated carbocycles. The van der Waals surface area contributed by atoms with Gasteiger partial charge in [0.15, 0.2) is 0 Å². The van der Waals surface area contributed by atoms with Gasteiger partial charge in [0, 0.05) is 12.6 Å². The van der Waals surface area contributed by atoms with Gasteiger partial charge in [-0.1, -0.05) is 33.6 Å². The Bertz CT molecular complexity index is 238. The van der Waals surface area contributed by atoms with Crippen molar-refractivity contribution in [3.05, 3.63) is 0 Å². The number of rotatable bonds is 2. The fourth-order valence-corrected chi connectivity index (χ4v) is 3.99. The summed E-state index contributed by atoms with van der Waals surface area (Å²) in [6, 6.07) is 0.557. The molecule has 2 fully saturated rings. The molecule has 0 aromatic carbocycles. The van der Waals surface area contributed by atoms with Crippen molar-refractivity contribution in [2.75, 3.05) is 19.6 Å². The molecule has 1 atom stereocenters. The van der Waals surface area contributed by atoms with Crippen LogP contribution in [0.15, 0.2) is 0 Å². The van der Waals surface area contributed by atoms with Gasteiger partial charge in [0.25, 0.3) is 0 Å². The van der Waals surface area contributed by atoms with E-state index in [9.17, 15) is 0 Å². The smallest absolute Gasteiger partial charge is 0.0266 e. The van der Waals surface area contributed by atoms with Gasteiger partial charge < -0.3 is 5.73 Å². The number of nitrogens with two attached hydrogens (primary N) is 1. The zero-order chi connectivity index (χ0) is 12.5. The molecule has 2 rings (SSSR count). The predicted octanol–water partition coefficient (Wildman–Crippen LogP) is 3.02. The molecular weight excluding hydrogens is 208 g/mol. The van der Waals surface area contributed by atoms with Crippen LogP contribution in [0.25, 0.3) is 0 Å². The van der Waals surface area contributed by atoms with Crippen LogP contribution in [0, 0.1) is 10.8 Å². The number of piperidine rings is 1. The third-order valence-electron chi connectivity index (χ3n) is 5.19. The van der Waals surface area contributed by atoms with E-state index in [-0.39, 0.29) is 0 Å². The summed E-state index contributed by atoms with van der Waals surface area (Å²) in [5.41, 5.74) is 7.04. The topological polar surface area (TPSA) is 29.3 Å². The molecule has 2 aliphatic rings. The highest BCUT2D eigenvalue weighted by Gasteiger charge is 2.40. The predicted molar refractivity (Wildman–Crippen MR) is 74.0 cm³/mol. The maximum Gasteiger partial charge on any atom is 0.0266 e. The normalized spacial score (nSPS) is 27.5. The van der Waals surface area contributed by atoms with Gasteiger partial charge in [-0.05, 0) is 49.6 Å². The molecule has 0 aromatic rings. The molecule has 0 bridgehead atoms. The average molecular weight is 238 g/mol. The van der Waals surface area contributed by atoms with Gasteiger partial charge >= 0.3 is 0 Å². The Kier molecular flexibility index (Phi) is 3.84. The van der Waals surface area contributed by atoms with Crippen LogP contribution in [0.5, 0.6) is 0 Å². The lowest BCUT2D eigenvalue weighted by atomic mass is 9.75. The van der Waals surface area contributed by atoms with Crippen LogP contribution in [-0.4, -0.2) is 30.6 Å². The molecule has 1 heterocycles. The minimum Gasteiger partial charge on any atom is -0.329 e. The zero-order valence-electron chi connectivity index (χ0n) is 12.0. The van der Waals surface area contributed by atoms with Crippen molar-refractivity contribution in [2.45, 2.75) is 65.3 Å². The molecule has 0 amide bonds. The highest BCUT2D eigenvalue weighted by Crippen LogP contribution is 2.46. The standard InChI is InChI=1S/C15H30N2/c1-14(2,3)13(12-16)17-10-8-15(9-11-17)6-4-5-7-15/h13H,4-12,16H2,1-3H3. The van der Waals surface area contributed by atoms with E-state index < -0.39 is 0 Å². The SMILES string of the molecule is CC(C)(C)C(CN)N1CCC2(CCCC2)CC1. The number of hydrogen-bond acceptors (Lipinski definition) is 2. The Morgan fingerprint density at radius 2 is 1.59 bits per heavy atom. The molecule has 100 valence electrons. The third kappa shape index (κ3) is 2.85. The first-order chi connectivity index (χ1) is 7.97. The van der Waals surface area contributed by atoms with E-state index in [0.29, 0.717) is 11.5 Å². The molecule has 1 aliphatic heterocycles. The molecule has 1 aliphatic carbocycles. The first kappa shape index (κ1) is 13.4. The second kappa shape index (κ2) is 4.89. The van der Waals surface area contributed by atoms with Crippen molar-refractivity contribution in [3.63, 3.8) is 0 Å². The van der Waals surface area contributed by atoms with Crippen LogP contribution in [-0.2, 0) is 0 Å². The molecule has 0 radical (unpaired) electrons. The molecule has 1 unspecified atom stereocenters. The summed E-state index contributed by atoms with van der Waals surface area (Å²) in [5.74, 6) is 0. The first-order valence-electron chi connectivity index (χ1n) is 7.41. The second-order valence-electron chi connectivity index (χ2n) is 7.36. The largest absolute Gasteiger partial charge is 0.329 e. The Balaban J connectivity index is 1.93. The molecule has 0 aromatic heterocycles. The lowest BCUT2D eigenvalue weighted by Gasteiger charge is -2.46. The molecule has 2 N–H and O–H groups in total. The summed E-state index contributed by atoms with van der Waals surface area (Å²) in [6.07, 6.45) is 8.76. The van der Waals surface area contributed by atoms with Crippen molar-refractivity contribution in [3.8, 4) is 0 Å². The van der Waals surface area contributed by atoms with Crippen molar-refractivity contribution >= 4 is 0 Å². The fourth-order valence-electron chi connectivity index (χ4n) is 3.99. The van der Waals surface area contributed by atoms with E-state index in [0.717, 1.165) is 12.0 Å². The maximum atomic E-state index is 5.99. The number of likely N-dealkylation sites (tertiary alicyclic amines) is 1. The summed E-state index contributed by atoms with van der Waals surface area (Å²) in [5, 5.41) is 0. The molecule has 2 heteroatoms. The Labute approximate surface area is 107 Å².